The molecule has 0 aliphatic heterocycles. The third kappa shape index (κ3) is 10.1. The van der Waals surface area contributed by atoms with Crippen LogP contribution in [0.5, 0.6) is 5.75 Å². The van der Waals surface area contributed by atoms with Crippen LogP contribution in [0.15, 0.2) is 29.3 Å². The molecule has 0 unspecified atom stereocenters. The van der Waals surface area contributed by atoms with E-state index in [0.717, 1.165) is 12.1 Å². The smallest absolute Gasteiger partial charge is 0.406 e. The Bertz CT molecular complexity index is 538. The first-order chi connectivity index (χ1) is 10.8. The first kappa shape index (κ1) is 22.2. The van der Waals surface area contributed by atoms with Crippen molar-refractivity contribution in [2.24, 2.45) is 10.7 Å². The van der Waals surface area contributed by atoms with Crippen LogP contribution in [0.2, 0.25) is 0 Å². The second-order valence-electron chi connectivity index (χ2n) is 4.24. The lowest BCUT2D eigenvalue weighted by molar-refractivity contribution is -0.274. The van der Waals surface area contributed by atoms with Gasteiger partial charge in [0, 0.05) is 19.3 Å². The summed E-state index contributed by atoms with van der Waals surface area (Å²) < 4.78 is 44.6. The number of alkyl halides is 3. The maximum absolute atomic E-state index is 12.0. The van der Waals surface area contributed by atoms with Crippen molar-refractivity contribution in [1.29, 1.82) is 0 Å². The Balaban J connectivity index is 0.00000529. The van der Waals surface area contributed by atoms with E-state index in [1.54, 1.807) is 0 Å². The maximum Gasteiger partial charge on any atom is 0.573 e. The normalized spacial score (nSPS) is 11.4. The van der Waals surface area contributed by atoms with Gasteiger partial charge in [-0.15, -0.1) is 37.1 Å². The fraction of sp³-hybridized carbons (Fsp3) is 0.385. The molecule has 0 aromatic heterocycles. The van der Waals surface area contributed by atoms with Gasteiger partial charge in [0.15, 0.2) is 5.96 Å². The SMILES string of the molecule is COCCNC(=O)CN=C(N)Nc1ccc(OC(F)(F)F)cc1.I. The van der Waals surface area contributed by atoms with E-state index in [9.17, 15) is 18.0 Å². The number of carbonyl (C=O) groups is 1. The highest BCUT2D eigenvalue weighted by atomic mass is 127. The van der Waals surface area contributed by atoms with Gasteiger partial charge in [-0.05, 0) is 24.3 Å². The number of halogens is 4. The molecule has 1 aromatic carbocycles. The van der Waals surface area contributed by atoms with Gasteiger partial charge in [0.05, 0.1) is 6.61 Å². The van der Waals surface area contributed by atoms with Crippen LogP contribution in [-0.4, -0.2) is 45.0 Å². The Kier molecular flexibility index (Phi) is 10.1. The molecule has 1 rings (SSSR count). The Morgan fingerprint density at radius 3 is 2.46 bits per heavy atom. The monoisotopic (exact) mass is 462 g/mol. The summed E-state index contributed by atoms with van der Waals surface area (Å²) in [6, 6.07) is 4.92. The van der Waals surface area contributed by atoms with Gasteiger partial charge in [-0.2, -0.15) is 0 Å². The average molecular weight is 462 g/mol. The van der Waals surface area contributed by atoms with Gasteiger partial charge in [0.1, 0.15) is 12.3 Å². The van der Waals surface area contributed by atoms with Gasteiger partial charge in [0.2, 0.25) is 5.91 Å². The number of nitrogens with zero attached hydrogens (tertiary/aromatic N) is 1. The molecule has 0 radical (unpaired) electrons. The summed E-state index contributed by atoms with van der Waals surface area (Å²) >= 11 is 0. The van der Waals surface area contributed by atoms with E-state index in [1.165, 1.54) is 19.2 Å². The largest absolute Gasteiger partial charge is 0.573 e. The average Bonchev–Trinajstić information content (AvgIpc) is 2.46. The molecule has 7 nitrogen and oxygen atoms in total. The molecule has 0 saturated heterocycles. The molecule has 136 valence electrons. The molecule has 0 atom stereocenters. The lowest BCUT2D eigenvalue weighted by atomic mass is 10.3. The van der Waals surface area contributed by atoms with E-state index in [0.29, 0.717) is 18.8 Å². The molecule has 11 heteroatoms. The van der Waals surface area contributed by atoms with Crippen LogP contribution >= 0.6 is 24.0 Å². The zero-order valence-electron chi connectivity index (χ0n) is 12.7. The lowest BCUT2D eigenvalue weighted by Crippen LogP contribution is -2.31. The standard InChI is InChI=1S/C13H17F3N4O3.HI/c1-22-7-6-18-11(21)8-19-12(17)20-9-2-4-10(5-3-9)23-13(14,15)16;/h2-5H,6-8H2,1H3,(H,18,21)(H3,17,19,20);1H. The van der Waals surface area contributed by atoms with E-state index in [4.69, 9.17) is 10.5 Å². The van der Waals surface area contributed by atoms with Gasteiger partial charge >= 0.3 is 6.36 Å². The molecule has 0 heterocycles. The Hall–Kier alpha value is -1.76. The highest BCUT2D eigenvalue weighted by Gasteiger charge is 2.30. The molecule has 24 heavy (non-hydrogen) atoms. The zero-order valence-corrected chi connectivity index (χ0v) is 15.1. The van der Waals surface area contributed by atoms with Crippen molar-refractivity contribution >= 4 is 41.5 Å². The van der Waals surface area contributed by atoms with E-state index in [-0.39, 0.29) is 48.1 Å². The minimum Gasteiger partial charge on any atom is -0.406 e. The molecular formula is C13H18F3IN4O3. The first-order valence-electron chi connectivity index (χ1n) is 6.48. The third-order valence-corrected chi connectivity index (χ3v) is 2.38. The fourth-order valence-corrected chi connectivity index (χ4v) is 1.43. The Labute approximate surface area is 153 Å². The van der Waals surface area contributed by atoms with E-state index in [1.807, 2.05) is 0 Å². The predicted octanol–water partition coefficient (Wildman–Crippen LogP) is 1.69. The van der Waals surface area contributed by atoms with Crippen molar-refractivity contribution < 1.29 is 27.4 Å². The summed E-state index contributed by atoms with van der Waals surface area (Å²) in [5.41, 5.74) is 5.97. The topological polar surface area (TPSA) is 98.0 Å². The minimum atomic E-state index is -4.74. The lowest BCUT2D eigenvalue weighted by Gasteiger charge is -2.10. The summed E-state index contributed by atoms with van der Waals surface area (Å²) in [5.74, 6) is -0.729. The number of methoxy groups -OCH3 is 1. The molecule has 0 saturated carbocycles. The van der Waals surface area contributed by atoms with Gasteiger partial charge in [-0.1, -0.05) is 0 Å². The zero-order chi connectivity index (χ0) is 17.3. The second kappa shape index (κ2) is 10.9. The third-order valence-electron chi connectivity index (χ3n) is 2.38. The van der Waals surface area contributed by atoms with Gasteiger partial charge in [-0.25, -0.2) is 4.99 Å². The van der Waals surface area contributed by atoms with Crippen LogP contribution in [-0.2, 0) is 9.53 Å². The summed E-state index contributed by atoms with van der Waals surface area (Å²) in [5, 5.41) is 5.20. The molecule has 0 aliphatic rings. The molecule has 0 fully saturated rings. The predicted molar refractivity (Wildman–Crippen MR) is 93.5 cm³/mol. The highest BCUT2D eigenvalue weighted by molar-refractivity contribution is 14.0. The summed E-state index contributed by atoms with van der Waals surface area (Å²) in [6.45, 7) is 0.562. The van der Waals surface area contributed by atoms with Crippen LogP contribution in [0.1, 0.15) is 0 Å². The molecule has 1 aromatic rings. The maximum atomic E-state index is 12.0. The van der Waals surface area contributed by atoms with Crippen LogP contribution in [0.25, 0.3) is 0 Å². The Morgan fingerprint density at radius 1 is 1.29 bits per heavy atom. The van der Waals surface area contributed by atoms with Crippen LogP contribution in [0.4, 0.5) is 18.9 Å². The Morgan fingerprint density at radius 2 is 1.92 bits per heavy atom. The number of nitrogens with one attached hydrogen (secondary N) is 2. The van der Waals surface area contributed by atoms with E-state index in [2.05, 4.69) is 20.4 Å². The van der Waals surface area contributed by atoms with Gasteiger partial charge in [0.25, 0.3) is 0 Å². The molecule has 0 spiro atoms. The number of rotatable bonds is 7. The van der Waals surface area contributed by atoms with Crippen molar-refractivity contribution in [2.45, 2.75) is 6.36 Å². The van der Waals surface area contributed by atoms with E-state index >= 15 is 0 Å². The molecule has 0 aliphatic carbocycles. The number of amides is 1. The van der Waals surface area contributed by atoms with Crippen LogP contribution < -0.4 is 21.1 Å². The summed E-state index contributed by atoms with van der Waals surface area (Å²) in [7, 11) is 1.51. The number of aliphatic imine (C=N–C) groups is 1. The number of benzene rings is 1. The number of nitrogens with two attached hydrogens (primary N) is 1. The first-order valence-corrected chi connectivity index (χ1v) is 6.48. The number of ether oxygens (including phenoxy) is 2. The molecule has 0 bridgehead atoms. The minimum absolute atomic E-state index is 0. The number of anilines is 1. The number of carbonyl (C=O) groups excluding carboxylic acids is 1. The van der Waals surface area contributed by atoms with Gasteiger partial charge in [-0.3, -0.25) is 4.79 Å². The van der Waals surface area contributed by atoms with Crippen molar-refractivity contribution in [1.82, 2.24) is 5.32 Å². The van der Waals surface area contributed by atoms with Crippen molar-refractivity contribution in [3.05, 3.63) is 24.3 Å². The summed E-state index contributed by atoms with van der Waals surface area (Å²) in [6.07, 6.45) is -4.74. The van der Waals surface area contributed by atoms with Crippen LogP contribution in [0.3, 0.4) is 0 Å². The second-order valence-corrected chi connectivity index (χ2v) is 4.24. The van der Waals surface area contributed by atoms with E-state index < -0.39 is 6.36 Å². The van der Waals surface area contributed by atoms with Crippen molar-refractivity contribution in [3.63, 3.8) is 0 Å². The quantitative estimate of drug-likeness (QED) is 0.248. The molecular weight excluding hydrogens is 444 g/mol. The molecule has 1 amide bonds. The number of hydrogen-bond donors (Lipinski definition) is 3. The molecule has 4 N–H and O–H groups in total. The number of hydrogen-bond acceptors (Lipinski definition) is 4. The highest BCUT2D eigenvalue weighted by Crippen LogP contribution is 2.23. The van der Waals surface area contributed by atoms with Crippen molar-refractivity contribution in [2.75, 3.05) is 32.1 Å². The fourth-order valence-electron chi connectivity index (χ4n) is 1.43. The van der Waals surface area contributed by atoms with Gasteiger partial charge < -0.3 is 25.8 Å². The van der Waals surface area contributed by atoms with Crippen molar-refractivity contribution in [3.8, 4) is 5.75 Å². The number of guanidine groups is 1. The van der Waals surface area contributed by atoms with Crippen LogP contribution in [0, 0.1) is 0 Å². The summed E-state index contributed by atoms with van der Waals surface area (Å²) in [4.78, 5) is 15.2.